The number of rotatable bonds is 4. The molecule has 0 heterocycles. The van der Waals surface area contributed by atoms with Crippen LogP contribution in [-0.2, 0) is 6.54 Å². The lowest BCUT2D eigenvalue weighted by atomic mass is 10.2. The van der Waals surface area contributed by atoms with Gasteiger partial charge in [-0.15, -0.1) is 0 Å². The minimum Gasteiger partial charge on any atom is -0.497 e. The molecule has 3 heteroatoms. The number of nitriles is 1. The first-order valence-corrected chi connectivity index (χ1v) is 5.69. The van der Waals surface area contributed by atoms with Gasteiger partial charge in [0.25, 0.3) is 0 Å². The Morgan fingerprint density at radius 1 is 1.06 bits per heavy atom. The average Bonchev–Trinajstić information content (AvgIpc) is 2.46. The normalized spacial score (nSPS) is 9.56. The maximum atomic E-state index is 8.70. The third-order valence-electron chi connectivity index (χ3n) is 2.67. The van der Waals surface area contributed by atoms with E-state index in [1.54, 1.807) is 19.2 Å². The molecule has 0 atom stereocenters. The van der Waals surface area contributed by atoms with Gasteiger partial charge in [0.2, 0.25) is 0 Å². The summed E-state index contributed by atoms with van der Waals surface area (Å²) in [6.45, 7) is 0.746. The van der Waals surface area contributed by atoms with Crippen molar-refractivity contribution in [2.75, 3.05) is 12.4 Å². The molecule has 18 heavy (non-hydrogen) atoms. The zero-order valence-electron chi connectivity index (χ0n) is 10.2. The van der Waals surface area contributed by atoms with Gasteiger partial charge >= 0.3 is 0 Å². The van der Waals surface area contributed by atoms with Crippen molar-refractivity contribution in [1.82, 2.24) is 0 Å². The van der Waals surface area contributed by atoms with Crippen molar-refractivity contribution in [3.63, 3.8) is 0 Å². The molecule has 0 spiro atoms. The topological polar surface area (TPSA) is 45.0 Å². The lowest BCUT2D eigenvalue weighted by molar-refractivity contribution is 0.414. The van der Waals surface area contributed by atoms with Gasteiger partial charge < -0.3 is 10.1 Å². The molecule has 2 rings (SSSR count). The van der Waals surface area contributed by atoms with Crippen molar-refractivity contribution in [1.29, 1.82) is 5.26 Å². The third-order valence-corrected chi connectivity index (χ3v) is 2.67. The molecule has 0 unspecified atom stereocenters. The molecule has 0 fully saturated rings. The summed E-state index contributed by atoms with van der Waals surface area (Å²) in [5.41, 5.74) is 2.86. The second-order valence-electron chi connectivity index (χ2n) is 3.89. The smallest absolute Gasteiger partial charge is 0.118 e. The van der Waals surface area contributed by atoms with Crippen LogP contribution in [-0.4, -0.2) is 7.11 Å². The predicted octanol–water partition coefficient (Wildman–Crippen LogP) is 3.18. The first-order valence-electron chi connectivity index (χ1n) is 5.69. The summed E-state index contributed by atoms with van der Waals surface area (Å²) in [4.78, 5) is 0. The lowest BCUT2D eigenvalue weighted by Gasteiger charge is -2.07. The Hall–Kier alpha value is -2.47. The number of ether oxygens (including phenoxy) is 1. The van der Waals surface area contributed by atoms with Crippen molar-refractivity contribution in [2.24, 2.45) is 0 Å². The van der Waals surface area contributed by atoms with E-state index >= 15 is 0 Å². The van der Waals surface area contributed by atoms with Crippen LogP contribution in [0, 0.1) is 11.3 Å². The summed E-state index contributed by atoms with van der Waals surface area (Å²) in [6, 6.07) is 17.4. The van der Waals surface area contributed by atoms with E-state index in [0.29, 0.717) is 5.56 Å². The van der Waals surface area contributed by atoms with Gasteiger partial charge in [-0.2, -0.15) is 5.26 Å². The number of nitrogens with one attached hydrogen (secondary N) is 1. The fourth-order valence-corrected chi connectivity index (χ4v) is 1.61. The Morgan fingerprint density at radius 2 is 1.72 bits per heavy atom. The van der Waals surface area contributed by atoms with Crippen LogP contribution in [0.5, 0.6) is 5.75 Å². The zero-order valence-corrected chi connectivity index (χ0v) is 10.2. The number of anilines is 1. The largest absolute Gasteiger partial charge is 0.497 e. The highest BCUT2D eigenvalue weighted by atomic mass is 16.5. The van der Waals surface area contributed by atoms with Crippen molar-refractivity contribution in [3.8, 4) is 11.8 Å². The molecule has 3 nitrogen and oxygen atoms in total. The summed E-state index contributed by atoms with van der Waals surface area (Å²) < 4.78 is 5.11. The number of benzene rings is 2. The molecular formula is C15H14N2O. The maximum absolute atomic E-state index is 8.70. The predicted molar refractivity (Wildman–Crippen MR) is 71.5 cm³/mol. The summed E-state index contributed by atoms with van der Waals surface area (Å²) in [7, 11) is 1.66. The van der Waals surface area contributed by atoms with Crippen LogP contribution in [0.4, 0.5) is 5.69 Å². The minimum absolute atomic E-state index is 0.671. The van der Waals surface area contributed by atoms with Gasteiger partial charge in [0, 0.05) is 12.2 Å². The molecular weight excluding hydrogens is 224 g/mol. The molecule has 0 aliphatic carbocycles. The molecule has 0 saturated carbocycles. The van der Waals surface area contributed by atoms with Crippen molar-refractivity contribution in [3.05, 3.63) is 59.7 Å². The number of hydrogen-bond donors (Lipinski definition) is 1. The average molecular weight is 238 g/mol. The fourth-order valence-electron chi connectivity index (χ4n) is 1.61. The third kappa shape index (κ3) is 3.02. The molecule has 0 amide bonds. The molecule has 0 aliphatic heterocycles. The number of nitrogens with zero attached hydrogens (tertiary/aromatic N) is 1. The van der Waals surface area contributed by atoms with E-state index in [9.17, 15) is 0 Å². The van der Waals surface area contributed by atoms with Gasteiger partial charge in [0.15, 0.2) is 0 Å². The summed E-state index contributed by atoms with van der Waals surface area (Å²) in [5.74, 6) is 0.858. The van der Waals surface area contributed by atoms with Crippen LogP contribution in [0.15, 0.2) is 48.5 Å². The molecule has 1 N–H and O–H groups in total. The van der Waals surface area contributed by atoms with E-state index in [-0.39, 0.29) is 0 Å². The molecule has 0 radical (unpaired) electrons. The molecule has 2 aromatic carbocycles. The Balaban J connectivity index is 1.95. The van der Waals surface area contributed by atoms with Crippen LogP contribution < -0.4 is 10.1 Å². The second-order valence-corrected chi connectivity index (χ2v) is 3.89. The summed E-state index contributed by atoms with van der Waals surface area (Å²) >= 11 is 0. The van der Waals surface area contributed by atoms with Gasteiger partial charge in [-0.25, -0.2) is 0 Å². The van der Waals surface area contributed by atoms with E-state index in [2.05, 4.69) is 11.4 Å². The van der Waals surface area contributed by atoms with Crippen molar-refractivity contribution >= 4 is 5.69 Å². The van der Waals surface area contributed by atoms with Crippen LogP contribution in [0.2, 0.25) is 0 Å². The first-order chi connectivity index (χ1) is 8.81. The molecule has 0 saturated heterocycles. The molecule has 2 aromatic rings. The Bertz CT molecular complexity index is 538. The minimum atomic E-state index is 0.671. The van der Waals surface area contributed by atoms with Crippen LogP contribution >= 0.6 is 0 Å². The SMILES string of the molecule is COc1ccc(CNc2ccc(C#N)cc2)cc1. The van der Waals surface area contributed by atoms with Crippen molar-refractivity contribution in [2.45, 2.75) is 6.54 Å². The monoisotopic (exact) mass is 238 g/mol. The van der Waals surface area contributed by atoms with Gasteiger partial charge in [-0.05, 0) is 42.0 Å². The number of hydrogen-bond acceptors (Lipinski definition) is 3. The second kappa shape index (κ2) is 5.74. The Morgan fingerprint density at radius 3 is 2.28 bits per heavy atom. The molecule has 0 bridgehead atoms. The zero-order chi connectivity index (χ0) is 12.8. The lowest BCUT2D eigenvalue weighted by Crippen LogP contribution is -1.99. The summed E-state index contributed by atoms with van der Waals surface area (Å²) in [6.07, 6.45) is 0. The summed E-state index contributed by atoms with van der Waals surface area (Å²) in [5, 5.41) is 12.0. The van der Waals surface area contributed by atoms with E-state index in [1.807, 2.05) is 36.4 Å². The molecule has 0 aliphatic rings. The molecule has 0 aromatic heterocycles. The fraction of sp³-hybridized carbons (Fsp3) is 0.133. The van der Waals surface area contributed by atoms with Crippen LogP contribution in [0.3, 0.4) is 0 Å². The van der Waals surface area contributed by atoms with E-state index < -0.39 is 0 Å². The van der Waals surface area contributed by atoms with Gasteiger partial charge in [-0.3, -0.25) is 0 Å². The van der Waals surface area contributed by atoms with Crippen LogP contribution in [0.25, 0.3) is 0 Å². The van der Waals surface area contributed by atoms with E-state index in [4.69, 9.17) is 10.00 Å². The van der Waals surface area contributed by atoms with E-state index in [1.165, 1.54) is 5.56 Å². The first kappa shape index (κ1) is 12.0. The van der Waals surface area contributed by atoms with Gasteiger partial charge in [-0.1, -0.05) is 12.1 Å². The van der Waals surface area contributed by atoms with E-state index in [0.717, 1.165) is 18.0 Å². The Labute approximate surface area is 107 Å². The highest BCUT2D eigenvalue weighted by Gasteiger charge is 1.96. The van der Waals surface area contributed by atoms with Gasteiger partial charge in [0.05, 0.1) is 18.7 Å². The Kier molecular flexibility index (Phi) is 3.83. The van der Waals surface area contributed by atoms with Crippen molar-refractivity contribution < 1.29 is 4.74 Å². The quantitative estimate of drug-likeness (QED) is 0.889. The molecule has 90 valence electrons. The highest BCUT2D eigenvalue weighted by molar-refractivity contribution is 5.47. The maximum Gasteiger partial charge on any atom is 0.118 e. The number of methoxy groups -OCH3 is 1. The highest BCUT2D eigenvalue weighted by Crippen LogP contribution is 2.14. The van der Waals surface area contributed by atoms with Gasteiger partial charge in [0.1, 0.15) is 5.75 Å². The standard InChI is InChI=1S/C15H14N2O/c1-18-15-8-4-13(5-9-15)11-17-14-6-2-12(10-16)3-7-14/h2-9,17H,11H2,1H3. The van der Waals surface area contributed by atoms with Crippen LogP contribution in [0.1, 0.15) is 11.1 Å².